The summed E-state index contributed by atoms with van der Waals surface area (Å²) in [5.41, 5.74) is 14.0. The highest BCUT2D eigenvalue weighted by atomic mass is 16.4. The second-order valence-electron chi connectivity index (χ2n) is 2.82. The Morgan fingerprint density at radius 3 is 3.12 bits per heavy atom. The lowest BCUT2D eigenvalue weighted by molar-refractivity contribution is 0.0697. The first kappa shape index (κ1) is 11.5. The lowest BCUT2D eigenvalue weighted by atomic mass is 10.2. The minimum absolute atomic E-state index is 0.0281. The summed E-state index contributed by atoms with van der Waals surface area (Å²) in [7, 11) is 0. The van der Waals surface area contributed by atoms with E-state index in [4.69, 9.17) is 16.4 Å². The number of nitrogens with zero attached hydrogens (tertiary/aromatic N) is 4. The molecular weight excluding hydrogens is 210 g/mol. The maximum absolute atomic E-state index is 10.7. The van der Waals surface area contributed by atoms with Gasteiger partial charge in [0, 0.05) is 17.7 Å². The van der Waals surface area contributed by atoms with Crippen LogP contribution in [0.3, 0.4) is 0 Å². The van der Waals surface area contributed by atoms with Gasteiger partial charge in [0.05, 0.1) is 0 Å². The van der Waals surface area contributed by atoms with E-state index in [1.807, 2.05) is 0 Å². The number of pyridine rings is 1. The van der Waals surface area contributed by atoms with Crippen LogP contribution >= 0.6 is 0 Å². The molecule has 0 aliphatic heterocycles. The van der Waals surface area contributed by atoms with Crippen LogP contribution < -0.4 is 5.73 Å². The molecule has 0 aliphatic rings. The Hall–Kier alpha value is -2.53. The zero-order valence-electron chi connectivity index (χ0n) is 8.24. The fraction of sp³-hybridized carbons (Fsp3) is 0.111. The summed E-state index contributed by atoms with van der Waals surface area (Å²) in [5, 5.41) is 12.1. The third kappa shape index (κ3) is 3.00. The van der Waals surface area contributed by atoms with E-state index in [2.05, 4.69) is 15.0 Å². The Morgan fingerprint density at radius 1 is 1.75 bits per heavy atom. The van der Waals surface area contributed by atoms with Crippen LogP contribution in [0.4, 0.5) is 5.82 Å². The van der Waals surface area contributed by atoms with E-state index in [0.29, 0.717) is 5.56 Å². The molecule has 0 saturated carbocycles. The van der Waals surface area contributed by atoms with Gasteiger partial charge in [-0.15, -0.1) is 0 Å². The lowest BCUT2D eigenvalue weighted by Crippen LogP contribution is -2.04. The van der Waals surface area contributed by atoms with Gasteiger partial charge >= 0.3 is 5.97 Å². The fourth-order valence-electron chi connectivity index (χ4n) is 1.03. The molecule has 0 atom stereocenters. The fourth-order valence-corrected chi connectivity index (χ4v) is 1.03. The van der Waals surface area contributed by atoms with Crippen molar-refractivity contribution in [2.45, 2.75) is 0 Å². The number of nitrogens with two attached hydrogens (primary N) is 1. The van der Waals surface area contributed by atoms with Gasteiger partial charge in [-0.2, -0.15) is 0 Å². The number of rotatable bonds is 4. The second-order valence-corrected chi connectivity index (χ2v) is 2.82. The number of anilines is 1. The number of aromatic carboxylic acids is 1. The molecule has 0 amide bonds. The third-order valence-electron chi connectivity index (χ3n) is 1.73. The van der Waals surface area contributed by atoms with Crippen LogP contribution in [-0.4, -0.2) is 22.6 Å². The first-order valence-electron chi connectivity index (χ1n) is 4.31. The quantitative estimate of drug-likeness (QED) is 0.453. The average Bonchev–Trinajstić information content (AvgIpc) is 2.26. The van der Waals surface area contributed by atoms with Crippen molar-refractivity contribution in [1.82, 2.24) is 4.98 Å². The minimum atomic E-state index is -1.13. The molecule has 0 aliphatic carbocycles. The van der Waals surface area contributed by atoms with E-state index in [1.54, 1.807) is 12.2 Å². The first-order chi connectivity index (χ1) is 7.65. The van der Waals surface area contributed by atoms with Crippen LogP contribution in [-0.2, 0) is 0 Å². The molecule has 7 heteroatoms. The van der Waals surface area contributed by atoms with E-state index in [0.717, 1.165) is 0 Å². The van der Waals surface area contributed by atoms with Crippen molar-refractivity contribution in [3.63, 3.8) is 0 Å². The van der Waals surface area contributed by atoms with Gasteiger partial charge in [-0.3, -0.25) is 0 Å². The van der Waals surface area contributed by atoms with Crippen LogP contribution in [0, 0.1) is 0 Å². The van der Waals surface area contributed by atoms with Crippen molar-refractivity contribution < 1.29 is 9.90 Å². The number of hydrogen-bond donors (Lipinski definition) is 2. The maximum atomic E-state index is 10.7. The summed E-state index contributed by atoms with van der Waals surface area (Å²) in [6.45, 7) is 0.198. The van der Waals surface area contributed by atoms with Gasteiger partial charge in [-0.05, 0) is 17.2 Å². The molecule has 1 aromatic heterocycles. The second kappa shape index (κ2) is 5.38. The Balaban J connectivity index is 2.90. The normalized spacial score (nSPS) is 10.0. The molecule has 1 heterocycles. The Bertz CT molecular complexity index is 477. The van der Waals surface area contributed by atoms with Gasteiger partial charge in [0.1, 0.15) is 11.4 Å². The molecule has 0 unspecified atom stereocenters. The van der Waals surface area contributed by atoms with Gasteiger partial charge in [0.25, 0.3) is 0 Å². The van der Waals surface area contributed by atoms with Gasteiger partial charge in [-0.25, -0.2) is 9.78 Å². The van der Waals surface area contributed by atoms with Crippen molar-refractivity contribution >= 4 is 17.9 Å². The largest absolute Gasteiger partial charge is 0.478 e. The summed E-state index contributed by atoms with van der Waals surface area (Å²) in [6.07, 6.45) is 4.64. The molecule has 0 radical (unpaired) electrons. The summed E-state index contributed by atoms with van der Waals surface area (Å²) in [6, 6.07) is 1.40. The topological polar surface area (TPSA) is 125 Å². The molecule has 0 aromatic carbocycles. The highest BCUT2D eigenvalue weighted by Crippen LogP contribution is 2.11. The van der Waals surface area contributed by atoms with Crippen LogP contribution in [0.1, 0.15) is 15.9 Å². The molecule has 1 aromatic rings. The number of aromatic nitrogens is 1. The molecular formula is C9H9N5O2. The van der Waals surface area contributed by atoms with Crippen LogP contribution in [0.2, 0.25) is 0 Å². The van der Waals surface area contributed by atoms with Gasteiger partial charge in [0.2, 0.25) is 0 Å². The van der Waals surface area contributed by atoms with Gasteiger partial charge in [-0.1, -0.05) is 17.3 Å². The van der Waals surface area contributed by atoms with Crippen molar-refractivity contribution in [3.05, 3.63) is 39.9 Å². The van der Waals surface area contributed by atoms with E-state index in [9.17, 15) is 4.79 Å². The first-order valence-corrected chi connectivity index (χ1v) is 4.31. The molecule has 0 bridgehead atoms. The molecule has 7 nitrogen and oxygen atoms in total. The molecule has 0 spiro atoms. The minimum Gasteiger partial charge on any atom is -0.478 e. The summed E-state index contributed by atoms with van der Waals surface area (Å²) < 4.78 is 0. The SMILES string of the molecule is [N-]=[N+]=NCC=Cc1cnc(N)c(C(=O)O)c1. The van der Waals surface area contributed by atoms with Crippen molar-refractivity contribution in [3.8, 4) is 0 Å². The van der Waals surface area contributed by atoms with E-state index in [-0.39, 0.29) is 17.9 Å². The summed E-state index contributed by atoms with van der Waals surface area (Å²) >= 11 is 0. The Labute approximate surface area is 90.9 Å². The zero-order chi connectivity index (χ0) is 12.0. The number of nitrogen functional groups attached to an aromatic ring is 1. The van der Waals surface area contributed by atoms with Crippen LogP contribution in [0.5, 0.6) is 0 Å². The maximum Gasteiger partial charge on any atom is 0.339 e. The van der Waals surface area contributed by atoms with Crippen molar-refractivity contribution in [1.29, 1.82) is 0 Å². The Kier molecular flexibility index (Phi) is 3.88. The predicted molar refractivity (Wildman–Crippen MR) is 58.7 cm³/mol. The van der Waals surface area contributed by atoms with Gasteiger partial charge < -0.3 is 10.8 Å². The summed E-state index contributed by atoms with van der Waals surface area (Å²) in [5.74, 6) is -1.16. The van der Waals surface area contributed by atoms with E-state index < -0.39 is 5.97 Å². The van der Waals surface area contributed by atoms with Crippen LogP contribution in [0.25, 0.3) is 16.5 Å². The van der Waals surface area contributed by atoms with Crippen molar-refractivity contribution in [2.75, 3.05) is 12.3 Å². The Morgan fingerprint density at radius 2 is 2.50 bits per heavy atom. The van der Waals surface area contributed by atoms with Crippen LogP contribution in [0.15, 0.2) is 23.5 Å². The van der Waals surface area contributed by atoms with E-state index in [1.165, 1.54) is 12.3 Å². The number of carbonyl (C=O) groups is 1. The summed E-state index contributed by atoms with van der Waals surface area (Å²) in [4.78, 5) is 17.1. The monoisotopic (exact) mass is 219 g/mol. The highest BCUT2D eigenvalue weighted by molar-refractivity contribution is 5.93. The molecule has 0 saturated heterocycles. The number of carboxylic acids is 1. The molecule has 82 valence electrons. The predicted octanol–water partition coefficient (Wildman–Crippen LogP) is 1.69. The third-order valence-corrected chi connectivity index (χ3v) is 1.73. The molecule has 3 N–H and O–H groups in total. The average molecular weight is 219 g/mol. The zero-order valence-corrected chi connectivity index (χ0v) is 8.24. The van der Waals surface area contributed by atoms with E-state index >= 15 is 0 Å². The molecule has 16 heavy (non-hydrogen) atoms. The van der Waals surface area contributed by atoms with Gasteiger partial charge in [0.15, 0.2) is 0 Å². The number of carboxylic acid groups (broad SMARTS) is 1. The number of hydrogen-bond acceptors (Lipinski definition) is 4. The lowest BCUT2D eigenvalue weighted by Gasteiger charge is -2.00. The molecule has 1 rings (SSSR count). The van der Waals surface area contributed by atoms with Crippen molar-refractivity contribution in [2.24, 2.45) is 5.11 Å². The molecule has 0 fully saturated rings. The standard InChI is InChI=1S/C9H9N5O2/c10-8-7(9(15)16)4-6(5-12-8)2-1-3-13-14-11/h1-2,4-5H,3H2,(H2,10,12)(H,15,16). The number of azide groups is 1. The highest BCUT2D eigenvalue weighted by Gasteiger charge is 2.08. The smallest absolute Gasteiger partial charge is 0.339 e.